The maximum absolute atomic E-state index is 13.9. The molecule has 1 aliphatic heterocycles. The highest BCUT2D eigenvalue weighted by atomic mass is 16.6. The third kappa shape index (κ3) is 11.5. The predicted octanol–water partition coefficient (Wildman–Crippen LogP) is 7.28. The summed E-state index contributed by atoms with van der Waals surface area (Å²) in [6.07, 6.45) is 5.17. The van der Waals surface area contributed by atoms with E-state index < -0.39 is 36.1 Å². The highest BCUT2D eigenvalue weighted by molar-refractivity contribution is 5.87. The van der Waals surface area contributed by atoms with Gasteiger partial charge in [-0.05, 0) is 84.0 Å². The molecule has 11 nitrogen and oxygen atoms in total. The number of hydrogen-bond donors (Lipinski definition) is 3. The molecule has 4 aromatic carbocycles. The van der Waals surface area contributed by atoms with Gasteiger partial charge in [-0.25, -0.2) is 9.59 Å². The van der Waals surface area contributed by atoms with Crippen LogP contribution in [0.4, 0.5) is 4.79 Å². The van der Waals surface area contributed by atoms with Crippen LogP contribution in [0.5, 0.6) is 5.75 Å². The molecule has 1 heterocycles. The van der Waals surface area contributed by atoms with Gasteiger partial charge in [-0.3, -0.25) is 9.59 Å². The van der Waals surface area contributed by atoms with Crippen LogP contribution < -0.4 is 15.4 Å². The first kappa shape index (κ1) is 43.4. The highest BCUT2D eigenvalue weighted by Crippen LogP contribution is 2.44. The molecule has 0 spiro atoms. The molecule has 3 N–H and O–H groups in total. The quantitative estimate of drug-likeness (QED) is 0.0589. The van der Waals surface area contributed by atoms with Crippen LogP contribution in [0.25, 0.3) is 11.1 Å². The molecule has 6 rings (SSSR count). The Morgan fingerprint density at radius 2 is 1.48 bits per heavy atom. The zero-order valence-corrected chi connectivity index (χ0v) is 34.0. The lowest BCUT2D eigenvalue weighted by Crippen LogP contribution is -2.46. The number of carbonyl (C=O) groups is 4. The van der Waals surface area contributed by atoms with E-state index in [0.29, 0.717) is 44.6 Å². The molecule has 0 unspecified atom stereocenters. The summed E-state index contributed by atoms with van der Waals surface area (Å²) >= 11 is 0. The lowest BCUT2D eigenvalue weighted by Gasteiger charge is -2.29. The number of ether oxygens (including phenoxy) is 3. The number of fused-ring (bicyclic) bond motifs is 3. The molecule has 1 saturated heterocycles. The molecule has 0 radical (unpaired) electrons. The fourth-order valence-corrected chi connectivity index (χ4v) is 8.02. The number of nitrogens with one attached hydrogen (secondary N) is 2. The van der Waals surface area contributed by atoms with Crippen molar-refractivity contribution in [2.45, 2.75) is 75.6 Å². The van der Waals surface area contributed by atoms with E-state index in [1.54, 1.807) is 17.1 Å². The van der Waals surface area contributed by atoms with Gasteiger partial charge in [0.15, 0.2) is 0 Å². The van der Waals surface area contributed by atoms with Gasteiger partial charge in [0.1, 0.15) is 31.6 Å². The molecule has 0 aromatic heterocycles. The second kappa shape index (κ2) is 21.7. The number of rotatable bonds is 21. The molecule has 1 fully saturated rings. The lowest BCUT2D eigenvalue weighted by molar-refractivity contribution is -0.150. The number of benzene rings is 4. The number of aliphatic hydroxyl groups excluding tert-OH is 1. The molecule has 4 aromatic rings. The van der Waals surface area contributed by atoms with E-state index in [2.05, 4.69) is 35.9 Å². The summed E-state index contributed by atoms with van der Waals surface area (Å²) in [5, 5.41) is 15.7. The number of carbonyl (C=O) groups excluding carboxylic acids is 4. The number of likely N-dealkylation sites (tertiary alicyclic amines) is 1. The van der Waals surface area contributed by atoms with Gasteiger partial charge in [-0.15, -0.1) is 13.2 Å². The number of amides is 3. The zero-order chi connectivity index (χ0) is 42.3. The van der Waals surface area contributed by atoms with Gasteiger partial charge in [0.2, 0.25) is 11.8 Å². The van der Waals surface area contributed by atoms with E-state index in [-0.39, 0.29) is 56.8 Å². The van der Waals surface area contributed by atoms with Crippen molar-refractivity contribution >= 4 is 23.9 Å². The van der Waals surface area contributed by atoms with E-state index in [4.69, 9.17) is 14.2 Å². The molecule has 1 aliphatic carbocycles. The van der Waals surface area contributed by atoms with Crippen molar-refractivity contribution in [1.82, 2.24) is 15.5 Å². The summed E-state index contributed by atoms with van der Waals surface area (Å²) in [5.41, 5.74) is 6.37. The zero-order valence-electron chi connectivity index (χ0n) is 34.0. The predicted molar refractivity (Wildman–Crippen MR) is 230 cm³/mol. The average molecular weight is 814 g/mol. The Bertz CT molecular complexity index is 2040. The summed E-state index contributed by atoms with van der Waals surface area (Å²) < 4.78 is 17.3. The van der Waals surface area contributed by atoms with Gasteiger partial charge in [-0.2, -0.15) is 0 Å². The summed E-state index contributed by atoms with van der Waals surface area (Å²) in [4.78, 5) is 55.4. The van der Waals surface area contributed by atoms with Crippen LogP contribution in [0, 0.1) is 5.92 Å². The first-order valence-corrected chi connectivity index (χ1v) is 20.7. The summed E-state index contributed by atoms with van der Waals surface area (Å²) in [7, 11) is 0. The summed E-state index contributed by atoms with van der Waals surface area (Å²) in [5.74, 6) is -1.32. The smallest absolute Gasteiger partial charge is 0.407 e. The molecule has 4 atom stereocenters. The Balaban J connectivity index is 0.980. The third-order valence-corrected chi connectivity index (χ3v) is 11.1. The molecule has 2 aliphatic rings. The van der Waals surface area contributed by atoms with E-state index >= 15 is 0 Å². The third-order valence-electron chi connectivity index (χ3n) is 11.1. The van der Waals surface area contributed by atoms with E-state index in [9.17, 15) is 24.3 Å². The minimum atomic E-state index is -0.980. The number of esters is 1. The first-order chi connectivity index (χ1) is 29.3. The average Bonchev–Trinajstić information content (AvgIpc) is 3.88. The largest absolute Gasteiger partial charge is 0.489 e. The fourth-order valence-electron chi connectivity index (χ4n) is 8.02. The SMILES string of the molecule is C=CCC[C@H](NC(=O)OCC1c2ccccc2-c2ccccc21)C(=O)OC[C@@H]1CCCN1C(=O)[C@H](CC=C)CC(=O)N[C@H](CO)Cc1ccc(OCc2ccccc2)cc1. The molecule has 0 bridgehead atoms. The maximum atomic E-state index is 13.9. The number of aliphatic hydroxyl groups is 1. The van der Waals surface area contributed by atoms with Crippen LogP contribution >= 0.6 is 0 Å². The Hall–Kier alpha value is -6.20. The molecule has 3 amide bonds. The van der Waals surface area contributed by atoms with Gasteiger partial charge in [-0.1, -0.05) is 103 Å². The molecule has 60 heavy (non-hydrogen) atoms. The topological polar surface area (TPSA) is 143 Å². The van der Waals surface area contributed by atoms with E-state index in [1.807, 2.05) is 91.0 Å². The maximum Gasteiger partial charge on any atom is 0.407 e. The van der Waals surface area contributed by atoms with Crippen molar-refractivity contribution in [1.29, 1.82) is 0 Å². The molecular weight excluding hydrogens is 759 g/mol. The van der Waals surface area contributed by atoms with Gasteiger partial charge in [0.25, 0.3) is 0 Å². The Morgan fingerprint density at radius 3 is 2.15 bits per heavy atom. The normalized spacial score (nSPS) is 15.8. The lowest BCUT2D eigenvalue weighted by atomic mass is 9.98. The molecule has 0 saturated carbocycles. The van der Waals surface area contributed by atoms with Gasteiger partial charge in [0, 0.05) is 18.9 Å². The van der Waals surface area contributed by atoms with Crippen LogP contribution in [0.15, 0.2) is 128 Å². The van der Waals surface area contributed by atoms with Crippen molar-refractivity contribution in [3.63, 3.8) is 0 Å². The Kier molecular flexibility index (Phi) is 15.7. The number of alkyl carbamates (subject to hydrolysis) is 1. The van der Waals surface area contributed by atoms with Crippen LogP contribution in [-0.2, 0) is 36.9 Å². The Morgan fingerprint density at radius 1 is 0.800 bits per heavy atom. The van der Waals surface area contributed by atoms with Crippen molar-refractivity contribution in [3.05, 3.63) is 151 Å². The highest BCUT2D eigenvalue weighted by Gasteiger charge is 2.36. The Labute approximate surface area is 352 Å². The van der Waals surface area contributed by atoms with Crippen LogP contribution in [-0.4, -0.2) is 78.4 Å². The van der Waals surface area contributed by atoms with Crippen LogP contribution in [0.1, 0.15) is 66.7 Å². The molecule has 11 heteroatoms. The van der Waals surface area contributed by atoms with E-state index in [1.165, 1.54) is 0 Å². The summed E-state index contributed by atoms with van der Waals surface area (Å²) in [6.45, 7) is 8.24. The second-order valence-corrected chi connectivity index (χ2v) is 15.3. The van der Waals surface area contributed by atoms with Crippen molar-refractivity contribution in [2.24, 2.45) is 5.92 Å². The minimum Gasteiger partial charge on any atom is -0.489 e. The second-order valence-electron chi connectivity index (χ2n) is 15.3. The minimum absolute atomic E-state index is 0.0583. The number of hydrogen-bond acceptors (Lipinski definition) is 8. The summed E-state index contributed by atoms with van der Waals surface area (Å²) in [6, 6.07) is 31.6. The standard InChI is InChI=1S/C49H55N3O8/c1-3-5-22-45(51-49(57)60-33-44-42-20-11-9-18-40(42)41-19-10-12-21-43(41)44)48(56)59-32-38-17-13-27-52(38)47(55)36(14-4-2)29-46(54)50-37(30-53)28-34-23-25-39(26-24-34)58-31-35-15-7-6-8-16-35/h3-4,6-12,15-16,18-21,23-26,36-38,44-45,53H,1-2,5,13-14,17,22,27-33H2,(H,50,54)(H,51,57)/t36-,37+,38+,45+/m1/s1. The fraction of sp³-hybridized carbons (Fsp3) is 0.347. The van der Waals surface area contributed by atoms with Crippen LogP contribution in [0.3, 0.4) is 0 Å². The van der Waals surface area contributed by atoms with Crippen molar-refractivity contribution in [2.75, 3.05) is 26.4 Å². The number of allylic oxidation sites excluding steroid dienone is 2. The molecule has 314 valence electrons. The van der Waals surface area contributed by atoms with E-state index in [0.717, 1.165) is 33.4 Å². The van der Waals surface area contributed by atoms with Crippen LogP contribution in [0.2, 0.25) is 0 Å². The first-order valence-electron chi connectivity index (χ1n) is 20.7. The molecular formula is C49H55N3O8. The van der Waals surface area contributed by atoms with Crippen molar-refractivity contribution < 1.29 is 38.5 Å². The van der Waals surface area contributed by atoms with Gasteiger partial charge in [0.05, 0.1) is 24.6 Å². The number of nitrogens with zero attached hydrogens (tertiary/aromatic N) is 1. The monoisotopic (exact) mass is 813 g/mol. The van der Waals surface area contributed by atoms with Gasteiger partial charge >= 0.3 is 12.1 Å². The van der Waals surface area contributed by atoms with Gasteiger partial charge < -0.3 is 34.9 Å². The van der Waals surface area contributed by atoms with Crippen molar-refractivity contribution in [3.8, 4) is 16.9 Å².